The van der Waals surface area contributed by atoms with Gasteiger partial charge in [0, 0.05) is 17.9 Å². The van der Waals surface area contributed by atoms with Gasteiger partial charge in [0.1, 0.15) is 12.4 Å². The van der Waals surface area contributed by atoms with Gasteiger partial charge in [-0.3, -0.25) is 9.36 Å². The largest absolute Gasteiger partial charge is 0.348 e. The average Bonchev–Trinajstić information content (AvgIpc) is 2.84. The van der Waals surface area contributed by atoms with Crippen molar-refractivity contribution in [2.45, 2.75) is 52.1 Å². The number of aromatic nitrogens is 2. The van der Waals surface area contributed by atoms with Crippen molar-refractivity contribution in [3.63, 3.8) is 0 Å². The summed E-state index contributed by atoms with van der Waals surface area (Å²) in [6, 6.07) is 8.09. The van der Waals surface area contributed by atoms with Crippen molar-refractivity contribution in [2.75, 3.05) is 6.54 Å². The van der Waals surface area contributed by atoms with Gasteiger partial charge in [-0.1, -0.05) is 25.0 Å². The van der Waals surface area contributed by atoms with Crippen LogP contribution in [0.15, 0.2) is 35.1 Å². The predicted molar refractivity (Wildman–Crippen MR) is 97.3 cm³/mol. The highest BCUT2D eigenvalue weighted by Crippen LogP contribution is 2.30. The molecule has 26 heavy (non-hydrogen) atoms. The standard InChI is InChI=1S/C20H24FN3O2/c1-14-11-15(2)24(20(26)22-14)13-19(25)23-10-5-3-4-9-18(23)16-7-6-8-17(21)12-16/h6-8,11-12,18H,3-5,9-10,13H2,1-2H3. The third-order valence-electron chi connectivity index (χ3n) is 4.95. The first-order chi connectivity index (χ1) is 12.5. The lowest BCUT2D eigenvalue weighted by Gasteiger charge is -2.31. The summed E-state index contributed by atoms with van der Waals surface area (Å²) in [6.45, 7) is 4.14. The second-order valence-electron chi connectivity index (χ2n) is 6.91. The van der Waals surface area contributed by atoms with Crippen LogP contribution in [-0.2, 0) is 11.3 Å². The molecule has 5 nitrogen and oxygen atoms in total. The zero-order chi connectivity index (χ0) is 18.7. The maximum absolute atomic E-state index is 13.7. The van der Waals surface area contributed by atoms with Gasteiger partial charge in [0.2, 0.25) is 5.91 Å². The number of benzene rings is 1. The minimum absolute atomic E-state index is 0.0379. The van der Waals surface area contributed by atoms with Crippen molar-refractivity contribution in [2.24, 2.45) is 0 Å². The topological polar surface area (TPSA) is 55.2 Å². The Hall–Kier alpha value is -2.50. The van der Waals surface area contributed by atoms with E-state index in [1.54, 1.807) is 30.9 Å². The maximum Gasteiger partial charge on any atom is 0.348 e. The van der Waals surface area contributed by atoms with E-state index in [-0.39, 0.29) is 24.3 Å². The lowest BCUT2D eigenvalue weighted by atomic mass is 10.0. The Labute approximate surface area is 152 Å². The van der Waals surface area contributed by atoms with E-state index in [1.165, 1.54) is 16.7 Å². The van der Waals surface area contributed by atoms with Gasteiger partial charge in [0.15, 0.2) is 0 Å². The highest BCUT2D eigenvalue weighted by atomic mass is 19.1. The Balaban J connectivity index is 1.89. The lowest BCUT2D eigenvalue weighted by molar-refractivity contribution is -0.134. The molecule has 1 aromatic heterocycles. The number of nitrogens with zero attached hydrogens (tertiary/aromatic N) is 3. The summed E-state index contributed by atoms with van der Waals surface area (Å²) in [4.78, 5) is 30.9. The normalized spacial score (nSPS) is 17.8. The summed E-state index contributed by atoms with van der Waals surface area (Å²) < 4.78 is 15.1. The average molecular weight is 357 g/mol. The van der Waals surface area contributed by atoms with Crippen molar-refractivity contribution < 1.29 is 9.18 Å². The molecular weight excluding hydrogens is 333 g/mol. The minimum atomic E-state index is -0.409. The molecule has 1 unspecified atom stereocenters. The van der Waals surface area contributed by atoms with Crippen molar-refractivity contribution in [3.8, 4) is 0 Å². The maximum atomic E-state index is 13.7. The number of hydrogen-bond donors (Lipinski definition) is 0. The molecule has 138 valence electrons. The molecule has 2 heterocycles. The van der Waals surface area contributed by atoms with Crippen LogP contribution in [0.1, 0.15) is 48.7 Å². The van der Waals surface area contributed by atoms with Gasteiger partial charge in [0.25, 0.3) is 0 Å². The van der Waals surface area contributed by atoms with Crippen LogP contribution in [0.2, 0.25) is 0 Å². The van der Waals surface area contributed by atoms with Crippen LogP contribution in [0, 0.1) is 19.7 Å². The second-order valence-corrected chi connectivity index (χ2v) is 6.91. The SMILES string of the molecule is Cc1cc(C)n(CC(=O)N2CCCCCC2c2cccc(F)c2)c(=O)n1. The molecule has 3 rings (SSSR count). The fourth-order valence-electron chi connectivity index (χ4n) is 3.66. The summed E-state index contributed by atoms with van der Waals surface area (Å²) in [6.07, 6.45) is 3.75. The van der Waals surface area contributed by atoms with Crippen molar-refractivity contribution in [3.05, 3.63) is 63.6 Å². The van der Waals surface area contributed by atoms with Crippen LogP contribution in [0.3, 0.4) is 0 Å². The molecule has 1 aliphatic rings. The molecule has 0 aliphatic carbocycles. The lowest BCUT2D eigenvalue weighted by Crippen LogP contribution is -2.40. The number of carbonyl (C=O) groups is 1. The predicted octanol–water partition coefficient (Wildman–Crippen LogP) is 3.14. The van der Waals surface area contributed by atoms with E-state index in [4.69, 9.17) is 0 Å². The first kappa shape index (κ1) is 18.3. The highest BCUT2D eigenvalue weighted by Gasteiger charge is 2.27. The van der Waals surface area contributed by atoms with Crippen LogP contribution in [0.25, 0.3) is 0 Å². The molecule has 6 heteroatoms. The fourth-order valence-corrected chi connectivity index (χ4v) is 3.66. The zero-order valence-corrected chi connectivity index (χ0v) is 15.2. The molecule has 1 amide bonds. The number of carbonyl (C=O) groups excluding carboxylic acids is 1. The van der Waals surface area contributed by atoms with E-state index in [0.29, 0.717) is 17.9 Å². The first-order valence-electron chi connectivity index (χ1n) is 9.06. The molecule has 0 saturated carbocycles. The Morgan fingerprint density at radius 1 is 1.23 bits per heavy atom. The van der Waals surface area contributed by atoms with Crippen molar-refractivity contribution in [1.82, 2.24) is 14.5 Å². The summed E-state index contributed by atoms with van der Waals surface area (Å²) in [5.74, 6) is -0.425. The van der Waals surface area contributed by atoms with Crippen LogP contribution in [0.5, 0.6) is 0 Å². The number of rotatable bonds is 3. The van der Waals surface area contributed by atoms with Crippen molar-refractivity contribution in [1.29, 1.82) is 0 Å². The number of aryl methyl sites for hydroxylation is 2. The van der Waals surface area contributed by atoms with Crippen LogP contribution in [-0.4, -0.2) is 26.9 Å². The molecule has 0 bridgehead atoms. The van der Waals surface area contributed by atoms with Crippen LogP contribution in [0.4, 0.5) is 4.39 Å². The highest BCUT2D eigenvalue weighted by molar-refractivity contribution is 5.76. The fraction of sp³-hybridized carbons (Fsp3) is 0.450. The van der Waals surface area contributed by atoms with E-state index >= 15 is 0 Å². The smallest absolute Gasteiger partial charge is 0.334 e. The molecule has 2 aromatic rings. The molecule has 1 aliphatic heterocycles. The summed E-state index contributed by atoms with van der Waals surface area (Å²) in [7, 11) is 0. The minimum Gasteiger partial charge on any atom is -0.334 e. The van der Waals surface area contributed by atoms with Gasteiger partial charge in [-0.05, 0) is 50.5 Å². The van der Waals surface area contributed by atoms with Gasteiger partial charge >= 0.3 is 5.69 Å². The Bertz CT molecular complexity index is 862. The van der Waals surface area contributed by atoms with Crippen molar-refractivity contribution >= 4 is 5.91 Å². The van der Waals surface area contributed by atoms with E-state index in [9.17, 15) is 14.0 Å². The van der Waals surface area contributed by atoms with E-state index in [2.05, 4.69) is 4.98 Å². The summed E-state index contributed by atoms with van der Waals surface area (Å²) >= 11 is 0. The monoisotopic (exact) mass is 357 g/mol. The van der Waals surface area contributed by atoms with Gasteiger partial charge < -0.3 is 4.90 Å². The molecule has 1 saturated heterocycles. The van der Waals surface area contributed by atoms with E-state index < -0.39 is 5.69 Å². The van der Waals surface area contributed by atoms with Crippen LogP contribution >= 0.6 is 0 Å². The molecule has 1 aromatic carbocycles. The van der Waals surface area contributed by atoms with Crippen LogP contribution < -0.4 is 5.69 Å². The third kappa shape index (κ3) is 4.00. The summed E-state index contributed by atoms with van der Waals surface area (Å²) in [5, 5.41) is 0. The quantitative estimate of drug-likeness (QED) is 0.848. The first-order valence-corrected chi connectivity index (χ1v) is 9.06. The molecule has 0 N–H and O–H groups in total. The molecule has 0 radical (unpaired) electrons. The number of likely N-dealkylation sites (tertiary alicyclic amines) is 1. The van der Waals surface area contributed by atoms with E-state index in [1.807, 2.05) is 6.07 Å². The Morgan fingerprint density at radius 3 is 2.77 bits per heavy atom. The molecule has 1 fully saturated rings. The Morgan fingerprint density at radius 2 is 2.04 bits per heavy atom. The number of hydrogen-bond acceptors (Lipinski definition) is 3. The van der Waals surface area contributed by atoms with Gasteiger partial charge in [-0.2, -0.15) is 4.98 Å². The van der Waals surface area contributed by atoms with Gasteiger partial charge in [0.05, 0.1) is 6.04 Å². The van der Waals surface area contributed by atoms with E-state index in [0.717, 1.165) is 31.2 Å². The number of halogens is 1. The molecule has 0 spiro atoms. The van der Waals surface area contributed by atoms with Gasteiger partial charge in [-0.15, -0.1) is 0 Å². The summed E-state index contributed by atoms with van der Waals surface area (Å²) in [5.41, 5.74) is 1.76. The Kier molecular flexibility index (Phi) is 5.49. The third-order valence-corrected chi connectivity index (χ3v) is 4.95. The van der Waals surface area contributed by atoms with Gasteiger partial charge in [-0.25, -0.2) is 9.18 Å². The molecule has 1 atom stereocenters. The molecular formula is C20H24FN3O2. The second kappa shape index (κ2) is 7.81. The zero-order valence-electron chi connectivity index (χ0n) is 15.2. The number of amides is 1.